The molecule has 0 saturated heterocycles. The normalized spacial score (nSPS) is 11.6. The lowest BCUT2D eigenvalue weighted by atomic mass is 9.99. The monoisotopic (exact) mass is 364 g/mol. The Hall–Kier alpha value is -2.72. The minimum absolute atomic E-state index is 0.0758. The Morgan fingerprint density at radius 3 is 2.08 bits per heavy atom. The molecule has 1 unspecified atom stereocenters. The van der Waals surface area contributed by atoms with Crippen molar-refractivity contribution in [3.05, 3.63) is 107 Å². The van der Waals surface area contributed by atoms with Crippen LogP contribution in [0.1, 0.15) is 22.7 Å². The first kappa shape index (κ1) is 18.1. The molecular weight excluding hydrogens is 343 g/mol. The molecule has 1 atom stereocenters. The van der Waals surface area contributed by atoms with Crippen molar-refractivity contribution in [1.82, 2.24) is 10.6 Å². The zero-order valence-electron chi connectivity index (χ0n) is 14.4. The second kappa shape index (κ2) is 9.11. The van der Waals surface area contributed by atoms with Crippen molar-refractivity contribution in [2.75, 3.05) is 0 Å². The van der Waals surface area contributed by atoms with Gasteiger partial charge in [-0.2, -0.15) is 0 Å². The molecular formula is C22H21FN2S. The molecule has 26 heavy (non-hydrogen) atoms. The molecule has 3 aromatic rings. The molecule has 0 aliphatic rings. The van der Waals surface area contributed by atoms with Crippen LogP contribution in [-0.2, 0) is 13.0 Å². The molecule has 0 aromatic heterocycles. The quantitative estimate of drug-likeness (QED) is 0.616. The summed E-state index contributed by atoms with van der Waals surface area (Å²) in [5.74, 6) is -0.235. The molecule has 3 rings (SSSR count). The molecule has 0 fully saturated rings. The topological polar surface area (TPSA) is 24.1 Å². The number of rotatable bonds is 6. The first-order valence-electron chi connectivity index (χ1n) is 8.58. The highest BCUT2D eigenvalue weighted by Gasteiger charge is 2.13. The summed E-state index contributed by atoms with van der Waals surface area (Å²) in [5, 5.41) is 7.19. The number of nitrogens with one attached hydrogen (secondary N) is 2. The third-order valence-corrected chi connectivity index (χ3v) is 4.42. The van der Waals surface area contributed by atoms with Crippen LogP contribution in [0, 0.1) is 5.82 Å². The molecule has 0 saturated carbocycles. The van der Waals surface area contributed by atoms with E-state index in [0.717, 1.165) is 12.0 Å². The zero-order valence-corrected chi connectivity index (χ0v) is 15.2. The van der Waals surface area contributed by atoms with Gasteiger partial charge in [0, 0.05) is 6.54 Å². The third kappa shape index (κ3) is 5.39. The Morgan fingerprint density at radius 1 is 0.808 bits per heavy atom. The lowest BCUT2D eigenvalue weighted by molar-refractivity contribution is 0.625. The van der Waals surface area contributed by atoms with Crippen LogP contribution in [0.25, 0.3) is 0 Å². The van der Waals surface area contributed by atoms with Crippen molar-refractivity contribution in [2.24, 2.45) is 0 Å². The maximum atomic E-state index is 13.0. The Morgan fingerprint density at radius 2 is 1.42 bits per heavy atom. The zero-order chi connectivity index (χ0) is 18.2. The minimum Gasteiger partial charge on any atom is -0.359 e. The van der Waals surface area contributed by atoms with Crippen LogP contribution in [0.3, 0.4) is 0 Å². The number of thiocarbonyl (C=S) groups is 1. The van der Waals surface area contributed by atoms with E-state index in [1.165, 1.54) is 23.3 Å². The van der Waals surface area contributed by atoms with Gasteiger partial charge < -0.3 is 10.6 Å². The number of hydrogen-bond acceptors (Lipinski definition) is 1. The van der Waals surface area contributed by atoms with Crippen molar-refractivity contribution in [1.29, 1.82) is 0 Å². The summed E-state index contributed by atoms with van der Waals surface area (Å²) in [6, 6.07) is 27.1. The molecule has 0 amide bonds. The van der Waals surface area contributed by atoms with Crippen LogP contribution in [0.4, 0.5) is 4.39 Å². The van der Waals surface area contributed by atoms with Gasteiger partial charge in [-0.05, 0) is 47.5 Å². The lowest BCUT2D eigenvalue weighted by Crippen LogP contribution is -2.38. The van der Waals surface area contributed by atoms with E-state index in [-0.39, 0.29) is 11.9 Å². The van der Waals surface area contributed by atoms with Crippen LogP contribution >= 0.6 is 12.2 Å². The number of benzene rings is 3. The minimum atomic E-state index is -0.235. The Labute approximate surface area is 159 Å². The van der Waals surface area contributed by atoms with Gasteiger partial charge in [0.15, 0.2) is 5.11 Å². The highest BCUT2D eigenvalue weighted by Crippen LogP contribution is 2.18. The van der Waals surface area contributed by atoms with E-state index in [4.69, 9.17) is 12.2 Å². The summed E-state index contributed by atoms with van der Waals surface area (Å²) in [6.45, 7) is 0.555. The maximum Gasteiger partial charge on any atom is 0.167 e. The van der Waals surface area contributed by atoms with E-state index in [9.17, 15) is 4.39 Å². The van der Waals surface area contributed by atoms with Crippen molar-refractivity contribution >= 4 is 17.3 Å². The van der Waals surface area contributed by atoms with Crippen LogP contribution in [0.15, 0.2) is 84.9 Å². The standard InChI is InChI=1S/C22H21FN2S/c23-20-13-11-18(12-14-20)16-24-22(26)25-21(19-9-5-2-6-10-19)15-17-7-3-1-4-8-17/h1-14,21H,15-16H2,(H2,24,25,26). The fraction of sp³-hybridized carbons (Fsp3) is 0.136. The number of hydrogen-bond donors (Lipinski definition) is 2. The molecule has 0 aliphatic heterocycles. The molecule has 3 aromatic carbocycles. The van der Waals surface area contributed by atoms with Crippen LogP contribution < -0.4 is 10.6 Å². The van der Waals surface area contributed by atoms with E-state index >= 15 is 0 Å². The van der Waals surface area contributed by atoms with Crippen molar-refractivity contribution < 1.29 is 4.39 Å². The molecule has 0 bridgehead atoms. The molecule has 132 valence electrons. The van der Waals surface area contributed by atoms with Gasteiger partial charge in [0.1, 0.15) is 5.82 Å². The van der Waals surface area contributed by atoms with Gasteiger partial charge in [-0.15, -0.1) is 0 Å². The van der Waals surface area contributed by atoms with Crippen molar-refractivity contribution in [3.8, 4) is 0 Å². The Balaban J connectivity index is 1.64. The highest BCUT2D eigenvalue weighted by molar-refractivity contribution is 7.80. The highest BCUT2D eigenvalue weighted by atomic mass is 32.1. The summed E-state index contributed by atoms with van der Waals surface area (Å²) < 4.78 is 13.0. The van der Waals surface area contributed by atoms with Crippen LogP contribution in [0.5, 0.6) is 0 Å². The van der Waals surface area contributed by atoms with Gasteiger partial charge >= 0.3 is 0 Å². The molecule has 0 aliphatic carbocycles. The molecule has 0 radical (unpaired) electrons. The van der Waals surface area contributed by atoms with Gasteiger partial charge in [0.2, 0.25) is 0 Å². The van der Waals surface area contributed by atoms with Crippen molar-refractivity contribution in [2.45, 2.75) is 19.0 Å². The van der Waals surface area contributed by atoms with Gasteiger partial charge in [0.05, 0.1) is 6.04 Å². The average molecular weight is 364 g/mol. The van der Waals surface area contributed by atoms with E-state index in [1.807, 2.05) is 36.4 Å². The average Bonchev–Trinajstić information content (AvgIpc) is 2.68. The summed E-state index contributed by atoms with van der Waals surface area (Å²) in [6.07, 6.45) is 0.837. The largest absolute Gasteiger partial charge is 0.359 e. The predicted molar refractivity (Wildman–Crippen MR) is 108 cm³/mol. The van der Waals surface area contributed by atoms with Gasteiger partial charge in [0.25, 0.3) is 0 Å². The fourth-order valence-corrected chi connectivity index (χ4v) is 3.00. The van der Waals surface area contributed by atoms with Gasteiger partial charge in [-0.1, -0.05) is 72.8 Å². The summed E-state index contributed by atoms with van der Waals surface area (Å²) in [4.78, 5) is 0. The summed E-state index contributed by atoms with van der Waals surface area (Å²) in [5.41, 5.74) is 3.41. The van der Waals surface area contributed by atoms with Crippen LogP contribution in [-0.4, -0.2) is 5.11 Å². The Kier molecular flexibility index (Phi) is 6.34. The number of halogens is 1. The summed E-state index contributed by atoms with van der Waals surface area (Å²) >= 11 is 5.48. The van der Waals surface area contributed by atoms with Gasteiger partial charge in [-0.25, -0.2) is 4.39 Å². The SMILES string of the molecule is Fc1ccc(CNC(=S)NC(Cc2ccccc2)c2ccccc2)cc1. The Bertz CT molecular complexity index is 820. The first-order valence-corrected chi connectivity index (χ1v) is 8.99. The van der Waals surface area contributed by atoms with E-state index < -0.39 is 0 Å². The molecule has 2 N–H and O–H groups in total. The third-order valence-electron chi connectivity index (χ3n) is 4.16. The molecule has 4 heteroatoms. The van der Waals surface area contributed by atoms with Gasteiger partial charge in [-0.3, -0.25) is 0 Å². The molecule has 0 spiro atoms. The maximum absolute atomic E-state index is 13.0. The first-order chi connectivity index (χ1) is 12.7. The molecule has 0 heterocycles. The van der Waals surface area contributed by atoms with Crippen LogP contribution in [0.2, 0.25) is 0 Å². The second-order valence-corrected chi connectivity index (χ2v) is 6.51. The smallest absolute Gasteiger partial charge is 0.167 e. The van der Waals surface area contributed by atoms with E-state index in [1.54, 1.807) is 12.1 Å². The predicted octanol–water partition coefficient (Wildman–Crippen LogP) is 4.77. The summed E-state index contributed by atoms with van der Waals surface area (Å²) in [7, 11) is 0. The second-order valence-electron chi connectivity index (χ2n) is 6.11. The van der Waals surface area contributed by atoms with Crippen molar-refractivity contribution in [3.63, 3.8) is 0 Å². The fourth-order valence-electron chi connectivity index (χ4n) is 2.78. The van der Waals surface area contributed by atoms with E-state index in [2.05, 4.69) is 34.9 Å². The van der Waals surface area contributed by atoms with E-state index in [0.29, 0.717) is 11.7 Å². The lowest BCUT2D eigenvalue weighted by Gasteiger charge is -2.22. The molecule has 2 nitrogen and oxygen atoms in total.